The predicted molar refractivity (Wildman–Crippen MR) is 65.7 cm³/mol. The van der Waals surface area contributed by atoms with Gasteiger partial charge in [0.25, 0.3) is 0 Å². The Balaban J connectivity index is 2.10. The zero-order chi connectivity index (χ0) is 11.4. The Kier molecular flexibility index (Phi) is 3.65. The Bertz CT molecular complexity index is 422. The molecule has 0 aliphatic heterocycles. The molecule has 16 heavy (non-hydrogen) atoms. The molecule has 0 amide bonds. The van der Waals surface area contributed by atoms with Crippen molar-refractivity contribution in [3.63, 3.8) is 0 Å². The van der Waals surface area contributed by atoms with Gasteiger partial charge in [0.2, 0.25) is 0 Å². The summed E-state index contributed by atoms with van der Waals surface area (Å²) in [7, 11) is 1.93. The fourth-order valence-corrected chi connectivity index (χ4v) is 1.82. The largest absolute Gasteiger partial charge is 0.468 e. The van der Waals surface area contributed by atoms with E-state index in [2.05, 4.69) is 5.32 Å². The second-order valence-electron chi connectivity index (χ2n) is 3.69. The van der Waals surface area contributed by atoms with E-state index in [0.29, 0.717) is 0 Å². The van der Waals surface area contributed by atoms with Crippen molar-refractivity contribution in [2.45, 2.75) is 12.5 Å². The van der Waals surface area contributed by atoms with Crippen LogP contribution < -0.4 is 5.32 Å². The van der Waals surface area contributed by atoms with Crippen molar-refractivity contribution in [2.75, 3.05) is 7.05 Å². The average molecular weight is 236 g/mol. The van der Waals surface area contributed by atoms with Crippen LogP contribution >= 0.6 is 11.6 Å². The molecule has 1 aromatic heterocycles. The molecule has 1 aromatic carbocycles. The van der Waals surface area contributed by atoms with Crippen LogP contribution in [-0.2, 0) is 6.42 Å². The smallest absolute Gasteiger partial charge is 0.121 e. The van der Waals surface area contributed by atoms with Crippen molar-refractivity contribution >= 4 is 11.6 Å². The van der Waals surface area contributed by atoms with Crippen LogP contribution in [0, 0.1) is 0 Å². The summed E-state index contributed by atoms with van der Waals surface area (Å²) in [5, 5.41) is 4.01. The first-order valence-electron chi connectivity index (χ1n) is 5.24. The maximum Gasteiger partial charge on any atom is 0.121 e. The molecule has 0 bridgehead atoms. The molecule has 0 aliphatic rings. The van der Waals surface area contributed by atoms with Crippen LogP contribution in [0.1, 0.15) is 17.4 Å². The van der Waals surface area contributed by atoms with Crippen LogP contribution in [0.25, 0.3) is 0 Å². The number of rotatable bonds is 4. The summed E-state index contributed by atoms with van der Waals surface area (Å²) in [6, 6.07) is 12.0. The van der Waals surface area contributed by atoms with E-state index < -0.39 is 0 Å². The quantitative estimate of drug-likeness (QED) is 0.878. The van der Waals surface area contributed by atoms with Gasteiger partial charge in [0.05, 0.1) is 12.3 Å². The molecule has 1 heterocycles. The van der Waals surface area contributed by atoms with Gasteiger partial charge in [-0.05, 0) is 43.3 Å². The molecule has 0 saturated carbocycles. The summed E-state index contributed by atoms with van der Waals surface area (Å²) in [6.45, 7) is 0. The van der Waals surface area contributed by atoms with Crippen LogP contribution in [0.2, 0.25) is 5.02 Å². The van der Waals surface area contributed by atoms with Crippen LogP contribution in [0.4, 0.5) is 0 Å². The van der Waals surface area contributed by atoms with Crippen molar-refractivity contribution in [3.05, 3.63) is 59.0 Å². The molecule has 0 fully saturated rings. The topological polar surface area (TPSA) is 25.2 Å². The molecule has 3 heteroatoms. The zero-order valence-corrected chi connectivity index (χ0v) is 9.87. The highest BCUT2D eigenvalue weighted by atomic mass is 35.5. The molecule has 2 nitrogen and oxygen atoms in total. The second-order valence-corrected chi connectivity index (χ2v) is 4.12. The Morgan fingerprint density at radius 2 is 2.00 bits per heavy atom. The first kappa shape index (κ1) is 11.2. The fourth-order valence-electron chi connectivity index (χ4n) is 1.69. The number of nitrogens with one attached hydrogen (secondary N) is 1. The van der Waals surface area contributed by atoms with Gasteiger partial charge in [-0.2, -0.15) is 0 Å². The Morgan fingerprint density at radius 1 is 1.25 bits per heavy atom. The molecule has 1 atom stereocenters. The van der Waals surface area contributed by atoms with Gasteiger partial charge in [-0.1, -0.05) is 23.7 Å². The van der Waals surface area contributed by atoms with Crippen molar-refractivity contribution in [2.24, 2.45) is 0 Å². The minimum absolute atomic E-state index is 0.205. The van der Waals surface area contributed by atoms with Gasteiger partial charge in [-0.3, -0.25) is 0 Å². The van der Waals surface area contributed by atoms with Crippen molar-refractivity contribution < 1.29 is 4.42 Å². The van der Waals surface area contributed by atoms with Gasteiger partial charge in [0, 0.05) is 5.02 Å². The van der Waals surface area contributed by atoms with Gasteiger partial charge in [-0.25, -0.2) is 0 Å². The Morgan fingerprint density at radius 3 is 2.56 bits per heavy atom. The van der Waals surface area contributed by atoms with Gasteiger partial charge < -0.3 is 9.73 Å². The molecular weight excluding hydrogens is 222 g/mol. The summed E-state index contributed by atoms with van der Waals surface area (Å²) in [5.74, 6) is 0.956. The lowest BCUT2D eigenvalue weighted by molar-refractivity contribution is 0.429. The minimum Gasteiger partial charge on any atom is -0.468 e. The molecule has 2 aromatic rings. The van der Waals surface area contributed by atoms with E-state index >= 15 is 0 Å². The van der Waals surface area contributed by atoms with E-state index in [-0.39, 0.29) is 6.04 Å². The predicted octanol–water partition coefficient (Wildman–Crippen LogP) is 3.44. The average Bonchev–Trinajstić information content (AvgIpc) is 2.82. The minimum atomic E-state index is 0.205. The standard InChI is InChI=1S/C13H14ClNO/c1-15-12(13-3-2-8-16-13)9-10-4-6-11(14)7-5-10/h2-8,12,15H,9H2,1H3. The molecule has 1 unspecified atom stereocenters. The molecule has 1 N–H and O–H groups in total. The van der Waals surface area contributed by atoms with Gasteiger partial charge in [0.15, 0.2) is 0 Å². The lowest BCUT2D eigenvalue weighted by Crippen LogP contribution is -2.18. The summed E-state index contributed by atoms with van der Waals surface area (Å²) in [5.41, 5.74) is 1.24. The molecule has 2 rings (SSSR count). The maximum atomic E-state index is 5.85. The van der Waals surface area contributed by atoms with E-state index in [4.69, 9.17) is 16.0 Å². The van der Waals surface area contributed by atoms with E-state index in [1.54, 1.807) is 6.26 Å². The molecule has 84 valence electrons. The lowest BCUT2D eigenvalue weighted by Gasteiger charge is -2.13. The number of hydrogen-bond acceptors (Lipinski definition) is 2. The van der Waals surface area contributed by atoms with Gasteiger partial charge in [-0.15, -0.1) is 0 Å². The Hall–Kier alpha value is -1.25. The van der Waals surface area contributed by atoms with Crippen LogP contribution in [0.15, 0.2) is 47.1 Å². The number of hydrogen-bond donors (Lipinski definition) is 1. The zero-order valence-electron chi connectivity index (χ0n) is 9.11. The summed E-state index contributed by atoms with van der Waals surface area (Å²) >= 11 is 5.85. The number of likely N-dealkylation sites (N-methyl/N-ethyl adjacent to an activating group) is 1. The van der Waals surface area contributed by atoms with E-state index in [9.17, 15) is 0 Å². The van der Waals surface area contributed by atoms with Crippen LogP contribution in [-0.4, -0.2) is 7.05 Å². The summed E-state index contributed by atoms with van der Waals surface area (Å²) < 4.78 is 5.39. The number of furan rings is 1. The maximum absolute atomic E-state index is 5.85. The molecule has 0 radical (unpaired) electrons. The third-order valence-electron chi connectivity index (χ3n) is 2.59. The van der Waals surface area contributed by atoms with Crippen molar-refractivity contribution in [1.29, 1.82) is 0 Å². The van der Waals surface area contributed by atoms with Crippen LogP contribution in [0.3, 0.4) is 0 Å². The number of benzene rings is 1. The van der Waals surface area contributed by atoms with Crippen molar-refractivity contribution in [3.8, 4) is 0 Å². The highest BCUT2D eigenvalue weighted by Gasteiger charge is 2.12. The third-order valence-corrected chi connectivity index (χ3v) is 2.84. The third kappa shape index (κ3) is 2.65. The highest BCUT2D eigenvalue weighted by Crippen LogP contribution is 2.19. The van der Waals surface area contributed by atoms with E-state index in [1.165, 1.54) is 5.56 Å². The first-order valence-corrected chi connectivity index (χ1v) is 5.62. The Labute approximate surface area is 100 Å². The molecule has 0 saturated heterocycles. The highest BCUT2D eigenvalue weighted by molar-refractivity contribution is 6.30. The molecular formula is C13H14ClNO. The monoisotopic (exact) mass is 235 g/mol. The first-order chi connectivity index (χ1) is 7.79. The summed E-state index contributed by atoms with van der Waals surface area (Å²) in [4.78, 5) is 0. The lowest BCUT2D eigenvalue weighted by atomic mass is 10.0. The molecule has 0 aliphatic carbocycles. The normalized spacial score (nSPS) is 12.6. The fraction of sp³-hybridized carbons (Fsp3) is 0.231. The second kappa shape index (κ2) is 5.19. The SMILES string of the molecule is CNC(Cc1ccc(Cl)cc1)c1ccco1. The molecule has 0 spiro atoms. The van der Waals surface area contributed by atoms with E-state index in [0.717, 1.165) is 17.2 Å². The van der Waals surface area contributed by atoms with E-state index in [1.807, 2.05) is 43.4 Å². The van der Waals surface area contributed by atoms with Crippen LogP contribution in [0.5, 0.6) is 0 Å². The number of halogens is 1. The van der Waals surface area contributed by atoms with Gasteiger partial charge >= 0.3 is 0 Å². The van der Waals surface area contributed by atoms with Crippen molar-refractivity contribution in [1.82, 2.24) is 5.32 Å². The summed E-state index contributed by atoms with van der Waals surface area (Å²) in [6.07, 6.45) is 2.59. The van der Waals surface area contributed by atoms with Gasteiger partial charge in [0.1, 0.15) is 5.76 Å².